The number of aromatic nitrogens is 1. The van der Waals surface area contributed by atoms with Crippen molar-refractivity contribution in [1.82, 2.24) is 4.98 Å². The summed E-state index contributed by atoms with van der Waals surface area (Å²) in [5, 5.41) is 18.4. The summed E-state index contributed by atoms with van der Waals surface area (Å²) >= 11 is 0. The third kappa shape index (κ3) is 2.73. The number of pyridine rings is 1. The molecule has 17 heavy (non-hydrogen) atoms. The largest absolute Gasteiger partial charge is 0.393 e. The van der Waals surface area contributed by atoms with Gasteiger partial charge in [0.2, 0.25) is 0 Å². The molecule has 0 saturated heterocycles. The summed E-state index contributed by atoms with van der Waals surface area (Å²) < 4.78 is 13.0. The fourth-order valence-electron chi connectivity index (χ4n) is 2.26. The van der Waals surface area contributed by atoms with Gasteiger partial charge in [0.25, 0.3) is 0 Å². The maximum absolute atomic E-state index is 13.0. The van der Waals surface area contributed by atoms with Crippen LogP contribution in [0, 0.1) is 11.7 Å². The molecule has 1 saturated carbocycles. The van der Waals surface area contributed by atoms with Gasteiger partial charge >= 0.3 is 0 Å². The van der Waals surface area contributed by atoms with Crippen molar-refractivity contribution in [3.63, 3.8) is 0 Å². The number of aliphatic hydroxyl groups excluding tert-OH is 2. The predicted molar refractivity (Wildman–Crippen MR) is 62.1 cm³/mol. The van der Waals surface area contributed by atoms with Crippen LogP contribution in [0.5, 0.6) is 0 Å². The van der Waals surface area contributed by atoms with Crippen LogP contribution in [0.25, 0.3) is 0 Å². The van der Waals surface area contributed by atoms with E-state index >= 15 is 0 Å². The zero-order chi connectivity index (χ0) is 12.4. The molecule has 2 rings (SSSR count). The lowest BCUT2D eigenvalue weighted by atomic mass is 9.82. The maximum Gasteiger partial charge on any atom is 0.142 e. The molecule has 1 aliphatic carbocycles. The Balaban J connectivity index is 2.05. The van der Waals surface area contributed by atoms with Crippen molar-refractivity contribution in [1.29, 1.82) is 0 Å². The van der Waals surface area contributed by atoms with E-state index in [1.54, 1.807) is 0 Å². The normalized spacial score (nSPS) is 23.3. The number of rotatable bonds is 4. The molecule has 1 aromatic rings. The Morgan fingerprint density at radius 3 is 2.82 bits per heavy atom. The van der Waals surface area contributed by atoms with Crippen molar-refractivity contribution < 1.29 is 14.6 Å². The van der Waals surface area contributed by atoms with E-state index < -0.39 is 5.82 Å². The molecular weight excluding hydrogens is 223 g/mol. The fraction of sp³-hybridized carbons (Fsp3) is 0.583. The minimum absolute atomic E-state index is 0.174. The van der Waals surface area contributed by atoms with Gasteiger partial charge < -0.3 is 15.1 Å². The van der Waals surface area contributed by atoms with E-state index in [1.165, 1.54) is 6.07 Å². The van der Waals surface area contributed by atoms with Gasteiger partial charge in [0.15, 0.2) is 0 Å². The number of hydrogen-bond acceptors (Lipinski definition) is 4. The second-order valence-corrected chi connectivity index (χ2v) is 4.67. The summed E-state index contributed by atoms with van der Waals surface area (Å²) in [6.45, 7) is 0.542. The van der Waals surface area contributed by atoms with Crippen LogP contribution in [0.2, 0.25) is 0 Å². The average molecular weight is 240 g/mol. The highest BCUT2D eigenvalue weighted by atomic mass is 19.1. The molecule has 0 aromatic carbocycles. The van der Waals surface area contributed by atoms with Crippen molar-refractivity contribution in [3.05, 3.63) is 23.6 Å². The second kappa shape index (κ2) is 4.98. The third-order valence-corrected chi connectivity index (χ3v) is 3.18. The Kier molecular flexibility index (Phi) is 3.59. The molecule has 0 unspecified atom stereocenters. The van der Waals surface area contributed by atoms with Crippen LogP contribution in [0.3, 0.4) is 0 Å². The SMILES string of the molecule is CN(CC1CC(O)C1)c1ncc(F)cc1CO. The monoisotopic (exact) mass is 240 g/mol. The smallest absolute Gasteiger partial charge is 0.142 e. The minimum atomic E-state index is -0.440. The Morgan fingerprint density at radius 2 is 2.24 bits per heavy atom. The van der Waals surface area contributed by atoms with E-state index in [4.69, 9.17) is 5.11 Å². The van der Waals surface area contributed by atoms with E-state index in [0.29, 0.717) is 17.3 Å². The molecule has 0 amide bonds. The van der Waals surface area contributed by atoms with Gasteiger partial charge in [-0.2, -0.15) is 0 Å². The third-order valence-electron chi connectivity index (χ3n) is 3.18. The lowest BCUT2D eigenvalue weighted by Gasteiger charge is -2.35. The molecule has 1 aromatic heterocycles. The summed E-state index contributed by atoms with van der Waals surface area (Å²) in [5.41, 5.74) is 0.493. The van der Waals surface area contributed by atoms with Gasteiger partial charge in [0, 0.05) is 19.2 Å². The van der Waals surface area contributed by atoms with Crippen molar-refractivity contribution >= 4 is 5.82 Å². The number of hydrogen-bond donors (Lipinski definition) is 2. The molecule has 94 valence electrons. The average Bonchev–Trinajstić information content (AvgIpc) is 2.26. The second-order valence-electron chi connectivity index (χ2n) is 4.67. The van der Waals surface area contributed by atoms with Gasteiger partial charge in [-0.3, -0.25) is 0 Å². The van der Waals surface area contributed by atoms with Crippen LogP contribution in [-0.2, 0) is 6.61 Å². The minimum Gasteiger partial charge on any atom is -0.393 e. The maximum atomic E-state index is 13.0. The zero-order valence-corrected chi connectivity index (χ0v) is 9.80. The molecule has 5 heteroatoms. The first-order valence-corrected chi connectivity index (χ1v) is 5.74. The first kappa shape index (κ1) is 12.3. The van der Waals surface area contributed by atoms with E-state index in [-0.39, 0.29) is 12.7 Å². The predicted octanol–water partition coefficient (Wildman–Crippen LogP) is 0.920. The standard InChI is InChI=1S/C12H17FN2O2/c1-15(6-8-2-11(17)3-8)12-9(7-16)4-10(13)5-14-12/h4-5,8,11,16-17H,2-3,6-7H2,1H3. The summed E-state index contributed by atoms with van der Waals surface area (Å²) in [5.74, 6) is 0.619. The molecule has 4 nitrogen and oxygen atoms in total. The van der Waals surface area contributed by atoms with Crippen molar-refractivity contribution in [2.45, 2.75) is 25.6 Å². The van der Waals surface area contributed by atoms with Crippen molar-refractivity contribution in [2.75, 3.05) is 18.5 Å². The Hall–Kier alpha value is -1.20. The van der Waals surface area contributed by atoms with Gasteiger partial charge in [0.1, 0.15) is 11.6 Å². The first-order valence-electron chi connectivity index (χ1n) is 5.74. The van der Waals surface area contributed by atoms with Gasteiger partial charge in [-0.05, 0) is 24.8 Å². The number of aliphatic hydroxyl groups is 2. The van der Waals surface area contributed by atoms with Crippen molar-refractivity contribution in [3.8, 4) is 0 Å². The molecule has 0 radical (unpaired) electrons. The Bertz CT molecular complexity index is 394. The molecule has 0 bridgehead atoms. The topological polar surface area (TPSA) is 56.6 Å². The number of anilines is 1. The molecule has 0 atom stereocenters. The lowest BCUT2D eigenvalue weighted by molar-refractivity contribution is 0.0464. The Morgan fingerprint density at radius 1 is 1.53 bits per heavy atom. The summed E-state index contributed by atoms with van der Waals surface area (Å²) in [7, 11) is 1.87. The van der Waals surface area contributed by atoms with Gasteiger partial charge in [-0.25, -0.2) is 9.37 Å². The highest BCUT2D eigenvalue weighted by Gasteiger charge is 2.28. The quantitative estimate of drug-likeness (QED) is 0.821. The summed E-state index contributed by atoms with van der Waals surface area (Å²) in [6.07, 6.45) is 2.59. The number of halogens is 1. The zero-order valence-electron chi connectivity index (χ0n) is 9.80. The first-order chi connectivity index (χ1) is 8.10. The van der Waals surface area contributed by atoms with Gasteiger partial charge in [-0.15, -0.1) is 0 Å². The molecular formula is C12H17FN2O2. The van der Waals surface area contributed by atoms with Crippen LogP contribution in [0.4, 0.5) is 10.2 Å². The van der Waals surface area contributed by atoms with Gasteiger partial charge in [-0.1, -0.05) is 0 Å². The van der Waals surface area contributed by atoms with Crippen LogP contribution in [0.1, 0.15) is 18.4 Å². The van der Waals surface area contributed by atoms with Crippen molar-refractivity contribution in [2.24, 2.45) is 5.92 Å². The Labute approximate surface area is 99.7 Å². The molecule has 1 fully saturated rings. The van der Waals surface area contributed by atoms with Crippen LogP contribution < -0.4 is 4.90 Å². The van der Waals surface area contributed by atoms with E-state index in [9.17, 15) is 9.50 Å². The van der Waals surface area contributed by atoms with Crippen LogP contribution in [0.15, 0.2) is 12.3 Å². The van der Waals surface area contributed by atoms with Crippen LogP contribution >= 0.6 is 0 Å². The highest BCUT2D eigenvalue weighted by molar-refractivity contribution is 5.45. The molecule has 0 aliphatic heterocycles. The van der Waals surface area contributed by atoms with E-state index in [1.807, 2.05) is 11.9 Å². The molecule has 1 aliphatic rings. The highest BCUT2D eigenvalue weighted by Crippen LogP contribution is 2.29. The summed E-state index contributed by atoms with van der Waals surface area (Å²) in [4.78, 5) is 5.91. The van der Waals surface area contributed by atoms with Gasteiger partial charge in [0.05, 0.1) is 18.9 Å². The van der Waals surface area contributed by atoms with Crippen LogP contribution in [-0.4, -0.2) is 34.9 Å². The lowest BCUT2D eigenvalue weighted by Crippen LogP contribution is -2.37. The molecule has 2 N–H and O–H groups in total. The molecule has 1 heterocycles. The molecule has 0 spiro atoms. The fourth-order valence-corrected chi connectivity index (χ4v) is 2.26. The number of nitrogens with zero attached hydrogens (tertiary/aromatic N) is 2. The van der Waals surface area contributed by atoms with E-state index in [2.05, 4.69) is 4.98 Å². The van der Waals surface area contributed by atoms with E-state index in [0.717, 1.165) is 25.6 Å². The summed E-state index contributed by atoms with van der Waals surface area (Å²) in [6, 6.07) is 1.30.